The summed E-state index contributed by atoms with van der Waals surface area (Å²) >= 11 is 7.34. The molecule has 744 valence electrons. The van der Waals surface area contributed by atoms with E-state index in [-0.39, 0.29) is 62.7 Å². The summed E-state index contributed by atoms with van der Waals surface area (Å²) in [6.07, 6.45) is 13.2. The minimum atomic E-state index is -3.47. The van der Waals surface area contributed by atoms with Crippen LogP contribution >= 0.6 is 47.0 Å². The van der Waals surface area contributed by atoms with Crippen LogP contribution in [-0.2, 0) is 44.7 Å². The largest absolute Gasteiger partial charge is 0.494 e. The van der Waals surface area contributed by atoms with Gasteiger partial charge in [0.1, 0.15) is 24.7 Å². The molecule has 146 heavy (non-hydrogen) atoms. The lowest BCUT2D eigenvalue weighted by Gasteiger charge is -2.45. The Morgan fingerprint density at radius 1 is 0.349 bits per heavy atom. The van der Waals surface area contributed by atoms with Crippen molar-refractivity contribution in [3.63, 3.8) is 0 Å². The van der Waals surface area contributed by atoms with Gasteiger partial charge in [0.05, 0.1) is 75.8 Å². The predicted octanol–water partition coefficient (Wildman–Crippen LogP) is 11.5. The number of hydrogen-bond donors (Lipinski definition) is 4. The minimum absolute atomic E-state index is 0.00845. The van der Waals surface area contributed by atoms with Crippen LogP contribution in [0.25, 0.3) is 0 Å². The molecule has 6 aliphatic rings. The maximum atomic E-state index is 12.8. The molecule has 1 unspecified atom stereocenters. The summed E-state index contributed by atoms with van der Waals surface area (Å²) in [5, 5.41) is 12.0. The maximum absolute atomic E-state index is 12.8. The Kier molecular flexibility index (Phi) is 33.8. The highest BCUT2D eigenvalue weighted by Crippen LogP contribution is 2.49. The van der Waals surface area contributed by atoms with Gasteiger partial charge in [-0.1, -0.05) is 415 Å². The highest BCUT2D eigenvalue weighted by molar-refractivity contribution is 8.17. The molecule has 0 spiro atoms. The first-order chi connectivity index (χ1) is 71.6. The van der Waals surface area contributed by atoms with E-state index in [1.165, 1.54) is 50.3 Å². The average Bonchev–Trinajstić information content (AvgIpc) is 1.22. The lowest BCUT2D eigenvalue weighted by molar-refractivity contribution is 0.103. The fourth-order valence-corrected chi connectivity index (χ4v) is 52.3. The van der Waals surface area contributed by atoms with E-state index >= 15 is 0 Å². The van der Waals surface area contributed by atoms with Crippen LogP contribution in [0.15, 0.2) is 422 Å². The Hall–Kier alpha value is -12.2. The summed E-state index contributed by atoms with van der Waals surface area (Å²) in [6.45, 7) is 4.41. The van der Waals surface area contributed by atoms with Crippen LogP contribution in [0.1, 0.15) is 81.0 Å². The van der Waals surface area contributed by atoms with Crippen molar-refractivity contribution >= 4 is 178 Å². The van der Waals surface area contributed by atoms with Gasteiger partial charge in [0.15, 0.2) is 0 Å². The number of rotatable bonds is 25. The topological polar surface area (TPSA) is 325 Å². The first-order valence-corrected chi connectivity index (χ1v) is 64.0. The Morgan fingerprint density at radius 2 is 0.637 bits per heavy atom. The summed E-state index contributed by atoms with van der Waals surface area (Å²) < 4.78 is 77.2. The van der Waals surface area contributed by atoms with Gasteiger partial charge in [-0.2, -0.15) is 15.0 Å². The molecule has 16 aromatic rings. The Morgan fingerprint density at radius 3 is 0.925 bits per heavy atom. The van der Waals surface area contributed by atoms with E-state index < -0.39 is 68.4 Å². The van der Waals surface area contributed by atoms with Crippen LogP contribution in [0.4, 0.5) is 17.8 Å². The van der Waals surface area contributed by atoms with Crippen molar-refractivity contribution < 1.29 is 43.6 Å². The summed E-state index contributed by atoms with van der Waals surface area (Å²) in [4.78, 5) is 60.7. The van der Waals surface area contributed by atoms with E-state index in [1.54, 1.807) is 32.7 Å². The highest BCUT2D eigenvalue weighted by Gasteiger charge is 2.63. The van der Waals surface area contributed by atoms with Gasteiger partial charge in [0, 0.05) is 18.6 Å². The predicted molar refractivity (Wildman–Crippen MR) is 598 cm³/mol. The number of nitrogens with zero attached hydrogens (tertiary/aromatic N) is 8. The van der Waals surface area contributed by atoms with Gasteiger partial charge in [-0.05, 0) is 92.8 Å². The summed E-state index contributed by atoms with van der Waals surface area (Å²) in [7, 11) is -20.4. The van der Waals surface area contributed by atoms with Gasteiger partial charge >= 0.3 is 68.4 Å². The van der Waals surface area contributed by atoms with Crippen LogP contribution in [0, 0.1) is 0 Å². The standard InChI is InChI=1S/C44H50O4S2Si2.2C32H30N4O4SSi2.C3H4N4O/c1-2-3-4-5-6-19-32-45-37-30-28-36(29-31-37)35-49-44-33-42-43(50-44)34-46-51(38-20-11-7-12-21-38,39-22-13-8-14-23-39)48-52(47-42,40-24-15-9-16-25-40)41-26-17-10-18-27-41;2*33-31-34-23-36(32(37)35-31)30-21-28-29(41-30)22-38-42(24-13-5-1-6-14-24,25-15-7-2-8-16-25)40-43(39-28,26-17-9-3-10-18-26)27-19-11-4-12-20-27;4-2-5-1-6-3(8)7-2/h7-18,20-31,42-44H,2-6,19,32-35H2,1H3;2*1-20,23,28-30H,21-22H2,(H2,33,35,37);1H,(H3,4,5,6,7,8)/t42-,43+,44?;28-,29+,30+;28-,29+,30-;/m000./s1. The number of aromatic nitrogens is 9. The SMILES string of the molecule is CCCCCCCCOc1ccc(CSC2C[C@@H]3O[Si](c4ccccc4)(c4ccccc4)O[Si](c4ccccc4)(c4ccccc4)OC[C@H]3S2)cc1.Nc1ncn([C@@H]2C[C@@H]3O[Si](c4ccccc4)(c4ccccc4)O[Si](c4ccccc4)(c4ccccc4)OC[C@H]3S2)c(=O)n1.Nc1ncn([C@H]2C[C@@H]3O[Si](c4ccccc4)(c4ccccc4)O[Si](c4ccccc4)(c4ccccc4)OC[C@H]3S2)c(=O)n1.Nc1ncnc(=O)[nH]1. The van der Waals surface area contributed by atoms with E-state index in [1.807, 2.05) is 169 Å². The second-order valence-corrected chi connectivity index (χ2v) is 60.1. The number of unbranched alkanes of at least 4 members (excludes halogenated alkanes) is 5. The third kappa shape index (κ3) is 23.4. The lowest BCUT2D eigenvalue weighted by atomic mass is 10.1. The second-order valence-electron chi connectivity index (χ2n) is 35.9. The molecule has 6 fully saturated rings. The number of nitrogen functional groups attached to an aromatic ring is 3. The Bertz CT molecular complexity index is 6560. The molecule has 3 aromatic heterocycles. The number of thioether (sulfide) groups is 4. The normalized spacial score (nSPS) is 21.2. The van der Waals surface area contributed by atoms with Crippen LogP contribution < -0.4 is 101 Å². The van der Waals surface area contributed by atoms with E-state index in [4.69, 9.17) is 60.8 Å². The van der Waals surface area contributed by atoms with Gasteiger partial charge in [-0.15, -0.1) is 47.0 Å². The molecular formula is C111H114N12O13S4Si6. The monoisotopic (exact) mass is 2120 g/mol. The zero-order valence-electron chi connectivity index (χ0n) is 80.5. The molecule has 0 amide bonds. The molecule has 13 aromatic carbocycles. The number of anilines is 3. The minimum Gasteiger partial charge on any atom is -0.494 e. The van der Waals surface area contributed by atoms with Crippen molar-refractivity contribution in [1.82, 2.24) is 44.0 Å². The third-order valence-corrected chi connectivity index (χ3v) is 56.2. The number of aromatic amines is 1. The van der Waals surface area contributed by atoms with Crippen molar-refractivity contribution in [3.05, 3.63) is 444 Å². The molecular weight excluding hydrogens is 2010 g/mol. The van der Waals surface area contributed by atoms with Crippen molar-refractivity contribution in [2.75, 3.05) is 43.6 Å². The molecule has 0 saturated carbocycles. The number of ether oxygens (including phenoxy) is 1. The molecule has 25 nitrogen and oxygen atoms in total. The van der Waals surface area contributed by atoms with Crippen LogP contribution in [-0.4, -0.2) is 160 Å². The molecule has 7 N–H and O–H groups in total. The van der Waals surface area contributed by atoms with Crippen molar-refractivity contribution in [3.8, 4) is 5.75 Å². The number of fused-ring (bicyclic) bond motifs is 3. The fourth-order valence-electron chi connectivity index (χ4n) is 19.2. The number of benzene rings is 13. The number of nitrogens with two attached hydrogens (primary N) is 3. The number of H-pyrrole nitrogens is 1. The van der Waals surface area contributed by atoms with E-state index in [9.17, 15) is 14.4 Å². The molecule has 6 saturated heterocycles. The van der Waals surface area contributed by atoms with Gasteiger partial charge in [-0.25, -0.2) is 29.3 Å². The molecule has 6 aliphatic heterocycles. The highest BCUT2D eigenvalue weighted by atomic mass is 32.2. The molecule has 9 heterocycles. The average molecular weight is 2120 g/mol. The number of hydrogen-bond acceptors (Lipinski definition) is 26. The van der Waals surface area contributed by atoms with Gasteiger partial charge < -0.3 is 60.8 Å². The van der Waals surface area contributed by atoms with Crippen molar-refractivity contribution in [1.29, 1.82) is 0 Å². The van der Waals surface area contributed by atoms with Crippen molar-refractivity contribution in [2.45, 2.75) is 120 Å². The second kappa shape index (κ2) is 48.2. The molecule has 0 radical (unpaired) electrons. The summed E-state index contributed by atoms with van der Waals surface area (Å²) in [6, 6.07) is 133. The first-order valence-electron chi connectivity index (χ1n) is 49.2. The molecule has 9 atom stereocenters. The zero-order chi connectivity index (χ0) is 100. The Balaban J connectivity index is 0.000000133. The maximum Gasteiger partial charge on any atom is 0.399 e. The molecule has 22 rings (SSSR count). The quantitative estimate of drug-likeness (QED) is 0.0305. The van der Waals surface area contributed by atoms with E-state index in [0.717, 1.165) is 99.5 Å². The van der Waals surface area contributed by atoms with E-state index in [0.29, 0.717) is 37.2 Å². The van der Waals surface area contributed by atoms with Crippen molar-refractivity contribution in [2.24, 2.45) is 0 Å². The molecule has 0 aliphatic carbocycles. The van der Waals surface area contributed by atoms with Crippen LogP contribution in [0.5, 0.6) is 5.75 Å². The summed E-state index contributed by atoms with van der Waals surface area (Å²) in [5.41, 5.74) is 16.4. The zero-order valence-corrected chi connectivity index (χ0v) is 89.8. The van der Waals surface area contributed by atoms with Crippen LogP contribution in [0.3, 0.4) is 0 Å². The Labute approximate surface area is 872 Å². The molecule has 35 heteroatoms. The smallest absolute Gasteiger partial charge is 0.399 e. The summed E-state index contributed by atoms with van der Waals surface area (Å²) in [5.74, 6) is 1.92. The fraction of sp³-hybridized carbons (Fsp3) is 0.216. The molecule has 0 bridgehead atoms. The third-order valence-electron chi connectivity index (χ3n) is 26.4. The first kappa shape index (κ1) is 102. The van der Waals surface area contributed by atoms with Crippen LogP contribution in [0.2, 0.25) is 0 Å². The van der Waals surface area contributed by atoms with Gasteiger partial charge in [0.2, 0.25) is 17.8 Å². The van der Waals surface area contributed by atoms with Gasteiger partial charge in [-0.3, -0.25) is 14.1 Å². The van der Waals surface area contributed by atoms with E-state index in [2.05, 4.69) is 284 Å². The van der Waals surface area contributed by atoms with Gasteiger partial charge in [0.25, 0.3) is 0 Å². The lowest BCUT2D eigenvalue weighted by Crippen LogP contribution is -2.77. The number of nitrogens with one attached hydrogen (secondary N) is 1.